The fraction of sp³-hybridized carbons (Fsp3) is 0.214. The van der Waals surface area contributed by atoms with Crippen LogP contribution in [0.3, 0.4) is 0 Å². The van der Waals surface area contributed by atoms with Crippen LogP contribution in [-0.2, 0) is 17.8 Å². The van der Waals surface area contributed by atoms with E-state index in [9.17, 15) is 4.79 Å². The van der Waals surface area contributed by atoms with Crippen LogP contribution in [0.15, 0.2) is 45.3 Å². The minimum Gasteiger partial charge on any atom is -0.465 e. The van der Waals surface area contributed by atoms with Gasteiger partial charge in [-0.15, -0.1) is 0 Å². The number of hydrogen-bond acceptors (Lipinski definition) is 2. The zero-order valence-corrected chi connectivity index (χ0v) is 11.7. The minimum atomic E-state index is -0.00799. The van der Waals surface area contributed by atoms with Gasteiger partial charge in [0.1, 0.15) is 11.5 Å². The molecule has 0 saturated carbocycles. The van der Waals surface area contributed by atoms with Gasteiger partial charge in [0.05, 0.1) is 13.0 Å². The van der Waals surface area contributed by atoms with Crippen LogP contribution in [0, 0.1) is 6.92 Å². The van der Waals surface area contributed by atoms with Crippen molar-refractivity contribution in [3.05, 3.63) is 58.0 Å². The summed E-state index contributed by atoms with van der Waals surface area (Å²) < 4.78 is 6.39. The van der Waals surface area contributed by atoms with E-state index in [-0.39, 0.29) is 5.91 Å². The number of furan rings is 1. The molecule has 94 valence electrons. The van der Waals surface area contributed by atoms with E-state index in [0.29, 0.717) is 13.0 Å². The first-order chi connectivity index (χ1) is 8.63. The minimum absolute atomic E-state index is 0.00799. The van der Waals surface area contributed by atoms with Crippen LogP contribution < -0.4 is 5.32 Å². The van der Waals surface area contributed by atoms with Gasteiger partial charge in [0.15, 0.2) is 0 Å². The van der Waals surface area contributed by atoms with Gasteiger partial charge in [0, 0.05) is 4.47 Å². The first kappa shape index (κ1) is 12.9. The van der Waals surface area contributed by atoms with Crippen LogP contribution in [0.1, 0.15) is 17.1 Å². The molecule has 0 aliphatic carbocycles. The average Bonchev–Trinajstić information content (AvgIpc) is 2.76. The zero-order chi connectivity index (χ0) is 13.0. The number of carbonyl (C=O) groups is 1. The standard InChI is InChI=1S/C14H14BrNO2/c1-10-2-7-13(18-10)9-16-14(17)8-11-3-5-12(15)6-4-11/h2-7H,8-9H2,1H3,(H,16,17). The summed E-state index contributed by atoms with van der Waals surface area (Å²) in [5.74, 6) is 1.62. The van der Waals surface area contributed by atoms with E-state index in [1.807, 2.05) is 43.3 Å². The van der Waals surface area contributed by atoms with Crippen molar-refractivity contribution in [3.63, 3.8) is 0 Å². The molecule has 3 nitrogen and oxygen atoms in total. The summed E-state index contributed by atoms with van der Waals surface area (Å²) in [6, 6.07) is 11.5. The van der Waals surface area contributed by atoms with Gasteiger partial charge in [-0.1, -0.05) is 28.1 Å². The fourth-order valence-corrected chi connectivity index (χ4v) is 1.88. The number of carbonyl (C=O) groups excluding carboxylic acids is 1. The van der Waals surface area contributed by atoms with Crippen molar-refractivity contribution >= 4 is 21.8 Å². The molecule has 1 N–H and O–H groups in total. The van der Waals surface area contributed by atoms with Crippen LogP contribution >= 0.6 is 15.9 Å². The highest BCUT2D eigenvalue weighted by Crippen LogP contribution is 2.11. The van der Waals surface area contributed by atoms with Crippen LogP contribution in [0.25, 0.3) is 0 Å². The van der Waals surface area contributed by atoms with Gasteiger partial charge in [-0.05, 0) is 36.8 Å². The Morgan fingerprint density at radius 2 is 1.94 bits per heavy atom. The Kier molecular flexibility index (Phi) is 4.20. The first-order valence-corrected chi connectivity index (χ1v) is 6.49. The van der Waals surface area contributed by atoms with Crippen molar-refractivity contribution in [1.29, 1.82) is 0 Å². The molecule has 0 fully saturated rings. The number of halogens is 1. The molecule has 0 spiro atoms. The summed E-state index contributed by atoms with van der Waals surface area (Å²) in [6.45, 7) is 2.32. The van der Waals surface area contributed by atoms with E-state index in [0.717, 1.165) is 21.6 Å². The Morgan fingerprint density at radius 3 is 2.56 bits per heavy atom. The van der Waals surface area contributed by atoms with E-state index >= 15 is 0 Å². The smallest absolute Gasteiger partial charge is 0.224 e. The monoisotopic (exact) mass is 307 g/mol. The fourth-order valence-electron chi connectivity index (χ4n) is 1.62. The van der Waals surface area contributed by atoms with Gasteiger partial charge in [-0.2, -0.15) is 0 Å². The average molecular weight is 308 g/mol. The lowest BCUT2D eigenvalue weighted by Crippen LogP contribution is -2.24. The van der Waals surface area contributed by atoms with Crippen molar-refractivity contribution in [2.45, 2.75) is 19.9 Å². The van der Waals surface area contributed by atoms with Crippen molar-refractivity contribution in [1.82, 2.24) is 5.32 Å². The third-order valence-electron chi connectivity index (χ3n) is 2.53. The van der Waals surface area contributed by atoms with Crippen molar-refractivity contribution < 1.29 is 9.21 Å². The van der Waals surface area contributed by atoms with E-state index in [2.05, 4.69) is 21.2 Å². The molecule has 2 aromatic rings. The molecule has 0 unspecified atom stereocenters. The third-order valence-corrected chi connectivity index (χ3v) is 3.06. The molecule has 0 aliphatic rings. The predicted octanol–water partition coefficient (Wildman–Crippen LogP) is 3.21. The normalized spacial score (nSPS) is 10.3. The highest BCUT2D eigenvalue weighted by Gasteiger charge is 2.04. The summed E-state index contributed by atoms with van der Waals surface area (Å²) >= 11 is 3.36. The van der Waals surface area contributed by atoms with Crippen LogP contribution in [-0.4, -0.2) is 5.91 Å². The van der Waals surface area contributed by atoms with Gasteiger partial charge < -0.3 is 9.73 Å². The van der Waals surface area contributed by atoms with Gasteiger partial charge in [-0.25, -0.2) is 0 Å². The van der Waals surface area contributed by atoms with Crippen molar-refractivity contribution in [3.8, 4) is 0 Å². The lowest BCUT2D eigenvalue weighted by molar-refractivity contribution is -0.120. The Labute approximate surface area is 114 Å². The second-order valence-corrected chi connectivity index (χ2v) is 5.01. The summed E-state index contributed by atoms with van der Waals surface area (Å²) in [7, 11) is 0. The van der Waals surface area contributed by atoms with Gasteiger partial charge in [-0.3, -0.25) is 4.79 Å². The molecule has 0 bridgehead atoms. The number of nitrogens with one attached hydrogen (secondary N) is 1. The van der Waals surface area contributed by atoms with E-state index in [4.69, 9.17) is 4.42 Å². The molecule has 2 rings (SSSR count). The molecular weight excluding hydrogens is 294 g/mol. The molecule has 0 atom stereocenters. The largest absolute Gasteiger partial charge is 0.465 e. The summed E-state index contributed by atoms with van der Waals surface area (Å²) in [6.07, 6.45) is 0.382. The molecule has 18 heavy (non-hydrogen) atoms. The Balaban J connectivity index is 1.83. The Morgan fingerprint density at radius 1 is 1.22 bits per heavy atom. The SMILES string of the molecule is Cc1ccc(CNC(=O)Cc2ccc(Br)cc2)o1. The number of rotatable bonds is 4. The molecule has 0 radical (unpaired) electrons. The molecule has 0 saturated heterocycles. The van der Waals surface area contributed by atoms with Gasteiger partial charge >= 0.3 is 0 Å². The second-order valence-electron chi connectivity index (χ2n) is 4.09. The van der Waals surface area contributed by atoms with Gasteiger partial charge in [0.25, 0.3) is 0 Å². The molecule has 4 heteroatoms. The number of amides is 1. The van der Waals surface area contributed by atoms with E-state index < -0.39 is 0 Å². The maximum Gasteiger partial charge on any atom is 0.224 e. The van der Waals surface area contributed by atoms with Gasteiger partial charge in [0.2, 0.25) is 5.91 Å². The van der Waals surface area contributed by atoms with E-state index in [1.165, 1.54) is 0 Å². The Bertz CT molecular complexity index is 531. The quantitative estimate of drug-likeness (QED) is 0.942. The highest BCUT2D eigenvalue weighted by atomic mass is 79.9. The third kappa shape index (κ3) is 3.74. The topological polar surface area (TPSA) is 42.2 Å². The number of hydrogen-bond donors (Lipinski definition) is 1. The van der Waals surface area contributed by atoms with Crippen molar-refractivity contribution in [2.75, 3.05) is 0 Å². The zero-order valence-electron chi connectivity index (χ0n) is 10.1. The molecule has 1 aromatic carbocycles. The van der Waals surface area contributed by atoms with Crippen LogP contribution in [0.5, 0.6) is 0 Å². The lowest BCUT2D eigenvalue weighted by atomic mass is 10.1. The summed E-state index contributed by atoms with van der Waals surface area (Å²) in [5, 5.41) is 2.83. The highest BCUT2D eigenvalue weighted by molar-refractivity contribution is 9.10. The summed E-state index contributed by atoms with van der Waals surface area (Å²) in [4.78, 5) is 11.7. The van der Waals surface area contributed by atoms with Crippen molar-refractivity contribution in [2.24, 2.45) is 0 Å². The predicted molar refractivity (Wildman–Crippen MR) is 73.1 cm³/mol. The first-order valence-electron chi connectivity index (χ1n) is 5.70. The second kappa shape index (κ2) is 5.87. The lowest BCUT2D eigenvalue weighted by Gasteiger charge is -2.03. The van der Waals surface area contributed by atoms with Crippen LogP contribution in [0.2, 0.25) is 0 Å². The number of benzene rings is 1. The Hall–Kier alpha value is -1.55. The molecule has 1 aromatic heterocycles. The molecule has 1 heterocycles. The maximum atomic E-state index is 11.7. The maximum absolute atomic E-state index is 11.7. The molecule has 0 aliphatic heterocycles. The van der Waals surface area contributed by atoms with E-state index in [1.54, 1.807) is 0 Å². The molecule has 1 amide bonds. The van der Waals surface area contributed by atoms with Crippen LogP contribution in [0.4, 0.5) is 0 Å². The molecular formula is C14H14BrNO2. The number of aryl methyl sites for hydroxylation is 1. The summed E-state index contributed by atoms with van der Waals surface area (Å²) in [5.41, 5.74) is 0.992.